The second-order valence-corrected chi connectivity index (χ2v) is 2.81. The molecule has 0 radical (unpaired) electrons. The van der Waals surface area contributed by atoms with Gasteiger partial charge in [-0.15, -0.1) is 11.6 Å². The minimum atomic E-state index is -0.322. The van der Waals surface area contributed by atoms with Crippen molar-refractivity contribution in [1.82, 2.24) is 4.90 Å². The summed E-state index contributed by atoms with van der Waals surface area (Å²) in [7, 11) is 1.68. The number of amides is 1. The molecule has 4 nitrogen and oxygen atoms in total. The third-order valence-electron chi connectivity index (χ3n) is 1.46. The molecular formula is C8H16ClNO3. The van der Waals surface area contributed by atoms with Crippen LogP contribution >= 0.6 is 11.6 Å². The first-order valence-electron chi connectivity index (χ1n) is 4.24. The summed E-state index contributed by atoms with van der Waals surface area (Å²) in [4.78, 5) is 12.5. The SMILES string of the molecule is CCN(C)C(=O)OCCOCCCl. The average Bonchev–Trinajstić information content (AvgIpc) is 2.16. The molecular weight excluding hydrogens is 194 g/mol. The summed E-state index contributed by atoms with van der Waals surface area (Å²) < 4.78 is 9.88. The Morgan fingerprint density at radius 3 is 2.62 bits per heavy atom. The molecule has 13 heavy (non-hydrogen) atoms. The van der Waals surface area contributed by atoms with Crippen LogP contribution in [0.5, 0.6) is 0 Å². The van der Waals surface area contributed by atoms with Gasteiger partial charge in [0.2, 0.25) is 0 Å². The molecule has 0 atom stereocenters. The molecule has 0 aliphatic carbocycles. The lowest BCUT2D eigenvalue weighted by Crippen LogP contribution is -2.28. The van der Waals surface area contributed by atoms with Crippen LogP contribution in [0, 0.1) is 0 Å². The second-order valence-electron chi connectivity index (χ2n) is 2.43. The molecule has 0 aromatic heterocycles. The van der Waals surface area contributed by atoms with E-state index in [1.165, 1.54) is 4.90 Å². The molecule has 0 N–H and O–H groups in total. The number of hydrogen-bond acceptors (Lipinski definition) is 3. The van der Waals surface area contributed by atoms with Crippen LogP contribution in [0.4, 0.5) is 4.79 Å². The Hall–Kier alpha value is -0.480. The highest BCUT2D eigenvalue weighted by Gasteiger charge is 2.05. The summed E-state index contributed by atoms with van der Waals surface area (Å²) in [5.41, 5.74) is 0. The molecule has 0 spiro atoms. The number of hydrogen-bond donors (Lipinski definition) is 0. The van der Waals surface area contributed by atoms with E-state index in [0.29, 0.717) is 25.6 Å². The molecule has 0 aromatic carbocycles. The van der Waals surface area contributed by atoms with Gasteiger partial charge in [-0.25, -0.2) is 4.79 Å². The molecule has 0 fully saturated rings. The first-order valence-corrected chi connectivity index (χ1v) is 4.77. The van der Waals surface area contributed by atoms with Crippen LogP contribution in [0.15, 0.2) is 0 Å². The number of carbonyl (C=O) groups excluding carboxylic acids is 1. The largest absolute Gasteiger partial charge is 0.447 e. The van der Waals surface area contributed by atoms with Gasteiger partial charge < -0.3 is 14.4 Å². The highest BCUT2D eigenvalue weighted by atomic mass is 35.5. The second kappa shape index (κ2) is 8.13. The summed E-state index contributed by atoms with van der Waals surface area (Å²) in [6, 6.07) is 0. The lowest BCUT2D eigenvalue weighted by molar-refractivity contribution is 0.0644. The van der Waals surface area contributed by atoms with Crippen molar-refractivity contribution < 1.29 is 14.3 Å². The Kier molecular flexibility index (Phi) is 7.83. The number of carbonyl (C=O) groups is 1. The third kappa shape index (κ3) is 6.66. The van der Waals surface area contributed by atoms with Crippen molar-refractivity contribution in [2.24, 2.45) is 0 Å². The summed E-state index contributed by atoms with van der Waals surface area (Å²) >= 11 is 5.37. The van der Waals surface area contributed by atoms with Gasteiger partial charge in [-0.2, -0.15) is 0 Å². The Labute approximate surface area is 83.7 Å². The van der Waals surface area contributed by atoms with Gasteiger partial charge in [0.05, 0.1) is 13.2 Å². The fourth-order valence-electron chi connectivity index (χ4n) is 0.584. The molecule has 5 heteroatoms. The summed E-state index contributed by atoms with van der Waals surface area (Å²) in [5.74, 6) is 0.461. The molecule has 0 rings (SSSR count). The fraction of sp³-hybridized carbons (Fsp3) is 0.875. The van der Waals surface area contributed by atoms with Crippen molar-refractivity contribution in [1.29, 1.82) is 0 Å². The van der Waals surface area contributed by atoms with Crippen LogP contribution in [0.25, 0.3) is 0 Å². The monoisotopic (exact) mass is 209 g/mol. The molecule has 0 aliphatic heterocycles. The molecule has 0 bridgehead atoms. The molecule has 78 valence electrons. The Balaban J connectivity index is 3.27. The minimum absolute atomic E-state index is 0.278. The molecule has 0 heterocycles. The molecule has 0 unspecified atom stereocenters. The maximum absolute atomic E-state index is 11.0. The summed E-state index contributed by atoms with van der Waals surface area (Å²) in [6.07, 6.45) is -0.322. The maximum atomic E-state index is 11.0. The number of alkyl halides is 1. The van der Waals surface area contributed by atoms with Crippen molar-refractivity contribution in [3.63, 3.8) is 0 Å². The van der Waals surface area contributed by atoms with E-state index in [-0.39, 0.29) is 12.7 Å². The van der Waals surface area contributed by atoms with Crippen LogP contribution in [-0.2, 0) is 9.47 Å². The zero-order chi connectivity index (χ0) is 10.1. The van der Waals surface area contributed by atoms with Gasteiger partial charge in [0.15, 0.2) is 0 Å². The predicted octanol–water partition coefficient (Wildman–Crippen LogP) is 1.33. The number of rotatable bonds is 6. The van der Waals surface area contributed by atoms with E-state index in [9.17, 15) is 4.79 Å². The van der Waals surface area contributed by atoms with Crippen molar-refractivity contribution in [2.45, 2.75) is 6.92 Å². The molecule has 0 aromatic rings. The zero-order valence-electron chi connectivity index (χ0n) is 8.09. The topological polar surface area (TPSA) is 38.8 Å². The summed E-state index contributed by atoms with van der Waals surface area (Å²) in [6.45, 7) is 3.69. The van der Waals surface area contributed by atoms with E-state index in [1.54, 1.807) is 7.05 Å². The number of halogens is 1. The highest BCUT2D eigenvalue weighted by Crippen LogP contribution is 1.89. The summed E-state index contributed by atoms with van der Waals surface area (Å²) in [5, 5.41) is 0. The van der Waals surface area contributed by atoms with Gasteiger partial charge in [-0.05, 0) is 6.92 Å². The maximum Gasteiger partial charge on any atom is 0.409 e. The van der Waals surface area contributed by atoms with Crippen molar-refractivity contribution in [3.05, 3.63) is 0 Å². The average molecular weight is 210 g/mol. The van der Waals surface area contributed by atoms with Gasteiger partial charge in [0.25, 0.3) is 0 Å². The van der Waals surface area contributed by atoms with E-state index in [0.717, 1.165) is 0 Å². The van der Waals surface area contributed by atoms with E-state index in [1.807, 2.05) is 6.92 Å². The normalized spacial score (nSPS) is 9.77. The van der Waals surface area contributed by atoms with Crippen molar-refractivity contribution in [2.75, 3.05) is 39.3 Å². The van der Waals surface area contributed by atoms with Crippen molar-refractivity contribution in [3.8, 4) is 0 Å². The van der Waals surface area contributed by atoms with E-state index < -0.39 is 0 Å². The van der Waals surface area contributed by atoms with E-state index in [4.69, 9.17) is 21.1 Å². The lowest BCUT2D eigenvalue weighted by Gasteiger charge is -2.14. The lowest BCUT2D eigenvalue weighted by atomic mass is 10.6. The number of nitrogens with zero attached hydrogens (tertiary/aromatic N) is 1. The fourth-order valence-corrected chi connectivity index (χ4v) is 0.693. The van der Waals surface area contributed by atoms with Crippen LogP contribution in [0.2, 0.25) is 0 Å². The van der Waals surface area contributed by atoms with Crippen molar-refractivity contribution >= 4 is 17.7 Å². The van der Waals surface area contributed by atoms with Crippen LogP contribution in [-0.4, -0.2) is 50.3 Å². The molecule has 0 aliphatic rings. The Morgan fingerprint density at radius 2 is 2.08 bits per heavy atom. The Morgan fingerprint density at radius 1 is 1.38 bits per heavy atom. The molecule has 1 amide bonds. The Bertz CT molecular complexity index is 143. The standard InChI is InChI=1S/C8H16ClNO3/c1-3-10(2)8(11)13-7-6-12-5-4-9/h3-7H2,1-2H3. The predicted molar refractivity (Wildman–Crippen MR) is 51.2 cm³/mol. The minimum Gasteiger partial charge on any atom is -0.447 e. The first-order chi connectivity index (χ1) is 6.22. The highest BCUT2D eigenvalue weighted by molar-refractivity contribution is 6.17. The van der Waals surface area contributed by atoms with Crippen LogP contribution in [0.3, 0.4) is 0 Å². The number of ether oxygens (including phenoxy) is 2. The van der Waals surface area contributed by atoms with Gasteiger partial charge in [-0.1, -0.05) is 0 Å². The van der Waals surface area contributed by atoms with E-state index in [2.05, 4.69) is 0 Å². The van der Waals surface area contributed by atoms with Gasteiger partial charge in [-0.3, -0.25) is 0 Å². The van der Waals surface area contributed by atoms with Gasteiger partial charge in [0, 0.05) is 19.5 Å². The van der Waals surface area contributed by atoms with Crippen LogP contribution in [0.1, 0.15) is 6.92 Å². The van der Waals surface area contributed by atoms with Gasteiger partial charge in [0.1, 0.15) is 6.61 Å². The van der Waals surface area contributed by atoms with Crippen LogP contribution < -0.4 is 0 Å². The first kappa shape index (κ1) is 12.5. The zero-order valence-corrected chi connectivity index (χ0v) is 8.84. The third-order valence-corrected chi connectivity index (χ3v) is 1.62. The molecule has 0 saturated carbocycles. The van der Waals surface area contributed by atoms with E-state index >= 15 is 0 Å². The van der Waals surface area contributed by atoms with Gasteiger partial charge >= 0.3 is 6.09 Å². The molecule has 0 saturated heterocycles. The quantitative estimate of drug-likeness (QED) is 0.490. The smallest absolute Gasteiger partial charge is 0.409 e.